The van der Waals surface area contributed by atoms with E-state index in [4.69, 9.17) is 0 Å². The Labute approximate surface area is 101 Å². The van der Waals surface area contributed by atoms with Gasteiger partial charge >= 0.3 is 0 Å². The number of halogens is 1. The molecule has 1 rings (SSSR count). The van der Waals surface area contributed by atoms with E-state index in [0.717, 1.165) is 17.1 Å². The first kappa shape index (κ1) is 13.5. The van der Waals surface area contributed by atoms with Crippen LogP contribution in [-0.2, 0) is 6.42 Å². The maximum Gasteiger partial charge on any atom is 0.123 e. The second-order valence-corrected chi connectivity index (χ2v) is 5.49. The SMILES string of the molecule is CC(C)CSCC(O)Cc1ccc(F)cc1. The van der Waals surface area contributed by atoms with Crippen molar-refractivity contribution in [3.63, 3.8) is 0 Å². The molecule has 0 aliphatic carbocycles. The van der Waals surface area contributed by atoms with Crippen molar-refractivity contribution in [1.29, 1.82) is 0 Å². The van der Waals surface area contributed by atoms with Crippen molar-refractivity contribution in [3.05, 3.63) is 35.6 Å². The molecule has 0 spiro atoms. The maximum atomic E-state index is 12.6. The van der Waals surface area contributed by atoms with Gasteiger partial charge in [0.05, 0.1) is 6.10 Å². The van der Waals surface area contributed by atoms with Crippen LogP contribution in [0.15, 0.2) is 24.3 Å². The van der Waals surface area contributed by atoms with Gasteiger partial charge in [0.2, 0.25) is 0 Å². The first-order valence-electron chi connectivity index (χ1n) is 5.58. The van der Waals surface area contributed by atoms with Crippen molar-refractivity contribution < 1.29 is 9.50 Å². The van der Waals surface area contributed by atoms with Gasteiger partial charge < -0.3 is 5.11 Å². The topological polar surface area (TPSA) is 20.2 Å². The smallest absolute Gasteiger partial charge is 0.123 e. The van der Waals surface area contributed by atoms with Gasteiger partial charge in [-0.2, -0.15) is 11.8 Å². The van der Waals surface area contributed by atoms with Crippen molar-refractivity contribution in [2.24, 2.45) is 5.92 Å². The summed E-state index contributed by atoms with van der Waals surface area (Å²) in [4.78, 5) is 0. The Morgan fingerprint density at radius 2 is 1.81 bits per heavy atom. The van der Waals surface area contributed by atoms with E-state index in [1.54, 1.807) is 23.9 Å². The summed E-state index contributed by atoms with van der Waals surface area (Å²) in [6.45, 7) is 4.33. The molecular weight excluding hydrogens is 223 g/mol. The molecule has 0 radical (unpaired) electrons. The van der Waals surface area contributed by atoms with E-state index >= 15 is 0 Å². The molecule has 0 heterocycles. The van der Waals surface area contributed by atoms with Crippen LogP contribution < -0.4 is 0 Å². The maximum absolute atomic E-state index is 12.6. The molecule has 90 valence electrons. The summed E-state index contributed by atoms with van der Waals surface area (Å²) in [5, 5.41) is 9.77. The molecular formula is C13H19FOS. The molecule has 0 fully saturated rings. The van der Waals surface area contributed by atoms with Gasteiger partial charge in [-0.15, -0.1) is 0 Å². The molecule has 1 aromatic rings. The molecule has 1 unspecified atom stereocenters. The number of rotatable bonds is 6. The summed E-state index contributed by atoms with van der Waals surface area (Å²) < 4.78 is 12.6. The molecule has 0 amide bonds. The van der Waals surface area contributed by atoms with Gasteiger partial charge in [0.25, 0.3) is 0 Å². The highest BCUT2D eigenvalue weighted by Gasteiger charge is 2.06. The highest BCUT2D eigenvalue weighted by Crippen LogP contribution is 2.12. The fraction of sp³-hybridized carbons (Fsp3) is 0.538. The van der Waals surface area contributed by atoms with Crippen LogP contribution >= 0.6 is 11.8 Å². The summed E-state index contributed by atoms with van der Waals surface area (Å²) in [5.74, 6) is 2.24. The van der Waals surface area contributed by atoms with Crippen molar-refractivity contribution in [2.75, 3.05) is 11.5 Å². The molecule has 0 aliphatic heterocycles. The average Bonchev–Trinajstić information content (AvgIpc) is 2.21. The number of benzene rings is 1. The van der Waals surface area contributed by atoms with E-state index in [-0.39, 0.29) is 11.9 Å². The molecule has 3 heteroatoms. The van der Waals surface area contributed by atoms with Gasteiger partial charge in [-0.3, -0.25) is 0 Å². The monoisotopic (exact) mass is 242 g/mol. The average molecular weight is 242 g/mol. The zero-order chi connectivity index (χ0) is 12.0. The molecule has 0 aliphatic rings. The lowest BCUT2D eigenvalue weighted by atomic mass is 10.1. The van der Waals surface area contributed by atoms with E-state index < -0.39 is 0 Å². The predicted molar refractivity (Wildman–Crippen MR) is 68.3 cm³/mol. The van der Waals surface area contributed by atoms with Gasteiger partial charge in [0.1, 0.15) is 5.82 Å². The first-order valence-corrected chi connectivity index (χ1v) is 6.73. The van der Waals surface area contributed by atoms with Crippen molar-refractivity contribution in [1.82, 2.24) is 0 Å². The zero-order valence-corrected chi connectivity index (χ0v) is 10.6. The second kappa shape index (κ2) is 6.92. The van der Waals surface area contributed by atoms with Crippen LogP contribution in [0.4, 0.5) is 4.39 Å². The van der Waals surface area contributed by atoms with Crippen molar-refractivity contribution in [2.45, 2.75) is 26.4 Å². The first-order chi connectivity index (χ1) is 7.58. The highest BCUT2D eigenvalue weighted by atomic mass is 32.2. The van der Waals surface area contributed by atoms with Crippen LogP contribution in [0.2, 0.25) is 0 Å². The van der Waals surface area contributed by atoms with E-state index in [1.165, 1.54) is 12.1 Å². The van der Waals surface area contributed by atoms with Gasteiger partial charge in [0, 0.05) is 5.75 Å². The summed E-state index contributed by atoms with van der Waals surface area (Å²) in [6.07, 6.45) is 0.264. The Morgan fingerprint density at radius 3 is 2.38 bits per heavy atom. The summed E-state index contributed by atoms with van der Waals surface area (Å²) >= 11 is 1.77. The van der Waals surface area contributed by atoms with Crippen LogP contribution in [0.1, 0.15) is 19.4 Å². The van der Waals surface area contributed by atoms with Crippen LogP contribution in [0.5, 0.6) is 0 Å². The Morgan fingerprint density at radius 1 is 1.19 bits per heavy atom. The third-order valence-electron chi connectivity index (χ3n) is 2.15. The number of aliphatic hydroxyl groups is 1. The number of hydrogen-bond donors (Lipinski definition) is 1. The van der Waals surface area contributed by atoms with E-state index in [2.05, 4.69) is 13.8 Å². The van der Waals surface area contributed by atoms with Gasteiger partial charge in [0.15, 0.2) is 0 Å². The second-order valence-electron chi connectivity index (χ2n) is 4.42. The molecule has 1 aromatic carbocycles. The number of hydrogen-bond acceptors (Lipinski definition) is 2. The quantitative estimate of drug-likeness (QED) is 0.827. The molecule has 0 aromatic heterocycles. The third-order valence-corrected chi connectivity index (χ3v) is 3.67. The normalized spacial score (nSPS) is 13.1. The zero-order valence-electron chi connectivity index (χ0n) is 9.82. The standard InChI is InChI=1S/C13H19FOS/c1-10(2)8-16-9-13(15)7-11-3-5-12(14)6-4-11/h3-6,10,13,15H,7-9H2,1-2H3. The Bertz CT molecular complexity index is 297. The minimum atomic E-state index is -0.339. The van der Waals surface area contributed by atoms with E-state index in [1.807, 2.05) is 0 Å². The fourth-order valence-electron chi connectivity index (χ4n) is 1.39. The van der Waals surface area contributed by atoms with Crippen LogP contribution in [0.25, 0.3) is 0 Å². The molecule has 1 nitrogen and oxygen atoms in total. The van der Waals surface area contributed by atoms with Gasteiger partial charge in [-0.1, -0.05) is 26.0 Å². The third kappa shape index (κ3) is 5.52. The summed E-state index contributed by atoms with van der Waals surface area (Å²) in [6, 6.07) is 6.32. The van der Waals surface area contributed by atoms with Crippen molar-refractivity contribution >= 4 is 11.8 Å². The fourth-order valence-corrected chi connectivity index (χ4v) is 2.39. The summed E-state index contributed by atoms with van der Waals surface area (Å²) in [7, 11) is 0. The molecule has 1 N–H and O–H groups in total. The predicted octanol–water partition coefficient (Wildman–Crippen LogP) is 3.12. The molecule has 0 saturated carbocycles. The highest BCUT2D eigenvalue weighted by molar-refractivity contribution is 7.99. The van der Waals surface area contributed by atoms with E-state index in [9.17, 15) is 9.50 Å². The Hall–Kier alpha value is -0.540. The number of thioether (sulfide) groups is 1. The van der Waals surface area contributed by atoms with Crippen LogP contribution in [-0.4, -0.2) is 22.7 Å². The number of aliphatic hydroxyl groups excluding tert-OH is 1. The minimum Gasteiger partial charge on any atom is -0.392 e. The lowest BCUT2D eigenvalue weighted by molar-refractivity contribution is 0.200. The lowest BCUT2D eigenvalue weighted by Crippen LogP contribution is -2.14. The molecule has 16 heavy (non-hydrogen) atoms. The van der Waals surface area contributed by atoms with Gasteiger partial charge in [-0.05, 0) is 35.8 Å². The van der Waals surface area contributed by atoms with E-state index in [0.29, 0.717) is 12.3 Å². The van der Waals surface area contributed by atoms with Gasteiger partial charge in [-0.25, -0.2) is 4.39 Å². The molecule has 0 bridgehead atoms. The van der Waals surface area contributed by atoms with Crippen molar-refractivity contribution in [3.8, 4) is 0 Å². The van der Waals surface area contributed by atoms with Crippen LogP contribution in [0.3, 0.4) is 0 Å². The minimum absolute atomic E-state index is 0.229. The molecule has 0 saturated heterocycles. The summed E-state index contributed by atoms with van der Waals surface area (Å²) in [5.41, 5.74) is 0.985. The Balaban J connectivity index is 2.28. The van der Waals surface area contributed by atoms with Crippen LogP contribution in [0, 0.1) is 11.7 Å². The largest absolute Gasteiger partial charge is 0.392 e. The Kier molecular flexibility index (Phi) is 5.85. The molecule has 1 atom stereocenters. The lowest BCUT2D eigenvalue weighted by Gasteiger charge is -2.11.